The van der Waals surface area contributed by atoms with Crippen LogP contribution >= 0.6 is 0 Å². The maximum atomic E-state index is 13.0. The number of carbonyl (C=O) groups excluding carboxylic acids is 1. The second kappa shape index (κ2) is 8.94. The Balaban J connectivity index is 1.81. The van der Waals surface area contributed by atoms with E-state index in [-0.39, 0.29) is 10.8 Å². The number of hydrogen-bond acceptors (Lipinski definition) is 5. The maximum absolute atomic E-state index is 13.0. The van der Waals surface area contributed by atoms with E-state index in [9.17, 15) is 13.2 Å². The SMILES string of the molecule is COc1ccc(CN(C)C(=O)c2ccc(C)c(S(=O)(=O)N3CCOCC3)c2)cc1. The van der Waals surface area contributed by atoms with Crippen molar-refractivity contribution in [2.75, 3.05) is 40.5 Å². The van der Waals surface area contributed by atoms with Gasteiger partial charge < -0.3 is 14.4 Å². The van der Waals surface area contributed by atoms with Gasteiger partial charge in [-0.15, -0.1) is 0 Å². The van der Waals surface area contributed by atoms with E-state index in [2.05, 4.69) is 0 Å². The van der Waals surface area contributed by atoms with Crippen LogP contribution in [0, 0.1) is 6.92 Å². The molecule has 0 aliphatic carbocycles. The van der Waals surface area contributed by atoms with Crippen molar-refractivity contribution in [2.24, 2.45) is 0 Å². The molecule has 0 radical (unpaired) electrons. The fraction of sp³-hybridized carbons (Fsp3) is 0.381. The van der Waals surface area contributed by atoms with Crippen LogP contribution in [0.4, 0.5) is 0 Å². The van der Waals surface area contributed by atoms with E-state index in [0.717, 1.165) is 11.3 Å². The number of carbonyl (C=O) groups is 1. The molecule has 2 aromatic carbocycles. The smallest absolute Gasteiger partial charge is 0.253 e. The van der Waals surface area contributed by atoms with Crippen molar-refractivity contribution in [1.82, 2.24) is 9.21 Å². The number of aryl methyl sites for hydroxylation is 1. The van der Waals surface area contributed by atoms with Crippen LogP contribution in [0.3, 0.4) is 0 Å². The van der Waals surface area contributed by atoms with Crippen LogP contribution in [-0.4, -0.2) is 64.0 Å². The molecule has 8 heteroatoms. The van der Waals surface area contributed by atoms with Crippen molar-refractivity contribution in [2.45, 2.75) is 18.4 Å². The molecule has 0 bridgehead atoms. The largest absolute Gasteiger partial charge is 0.497 e. The van der Waals surface area contributed by atoms with Gasteiger partial charge in [0.25, 0.3) is 5.91 Å². The molecule has 0 N–H and O–H groups in total. The Labute approximate surface area is 171 Å². The van der Waals surface area contributed by atoms with E-state index in [4.69, 9.17) is 9.47 Å². The van der Waals surface area contributed by atoms with Gasteiger partial charge in [-0.05, 0) is 42.3 Å². The Morgan fingerprint density at radius 3 is 2.41 bits per heavy atom. The van der Waals surface area contributed by atoms with Gasteiger partial charge in [0.2, 0.25) is 10.0 Å². The highest BCUT2D eigenvalue weighted by Crippen LogP contribution is 2.23. The molecule has 29 heavy (non-hydrogen) atoms. The molecule has 0 aromatic heterocycles. The summed E-state index contributed by atoms with van der Waals surface area (Å²) in [6.07, 6.45) is 0. The molecule has 1 saturated heterocycles. The number of nitrogens with zero attached hydrogens (tertiary/aromatic N) is 2. The lowest BCUT2D eigenvalue weighted by molar-refractivity contribution is 0.0730. The molecule has 2 aromatic rings. The molecule has 0 atom stereocenters. The topological polar surface area (TPSA) is 76.2 Å². The van der Waals surface area contributed by atoms with Gasteiger partial charge >= 0.3 is 0 Å². The molecule has 1 aliphatic rings. The zero-order chi connectivity index (χ0) is 21.0. The van der Waals surface area contributed by atoms with Crippen molar-refractivity contribution in [3.63, 3.8) is 0 Å². The molecular weight excluding hydrogens is 392 g/mol. The average Bonchev–Trinajstić information content (AvgIpc) is 2.74. The van der Waals surface area contributed by atoms with E-state index in [0.29, 0.717) is 44.0 Å². The number of sulfonamides is 1. The van der Waals surface area contributed by atoms with Crippen LogP contribution in [0.2, 0.25) is 0 Å². The third kappa shape index (κ3) is 4.77. The van der Waals surface area contributed by atoms with E-state index >= 15 is 0 Å². The first-order chi connectivity index (χ1) is 13.8. The number of amides is 1. The molecule has 0 spiro atoms. The van der Waals surface area contributed by atoms with E-state index in [1.165, 1.54) is 10.4 Å². The lowest BCUT2D eigenvalue weighted by Gasteiger charge is -2.27. The minimum atomic E-state index is -3.67. The third-order valence-corrected chi connectivity index (χ3v) is 6.99. The summed E-state index contributed by atoms with van der Waals surface area (Å²) >= 11 is 0. The quantitative estimate of drug-likeness (QED) is 0.720. The van der Waals surface area contributed by atoms with Gasteiger partial charge in [0, 0.05) is 32.2 Å². The standard InChI is InChI=1S/C21H26N2O5S/c1-16-4-7-18(14-20(16)29(25,26)23-10-12-28-13-11-23)21(24)22(2)15-17-5-8-19(27-3)9-6-17/h4-9,14H,10-13,15H2,1-3H3. The number of hydrogen-bond donors (Lipinski definition) is 0. The van der Waals surface area contributed by atoms with Crippen molar-refractivity contribution < 1.29 is 22.7 Å². The van der Waals surface area contributed by atoms with Gasteiger partial charge in [0.1, 0.15) is 5.75 Å². The number of ether oxygens (including phenoxy) is 2. The highest BCUT2D eigenvalue weighted by atomic mass is 32.2. The minimum Gasteiger partial charge on any atom is -0.497 e. The number of morpholine rings is 1. The van der Waals surface area contributed by atoms with Crippen molar-refractivity contribution >= 4 is 15.9 Å². The van der Waals surface area contributed by atoms with Crippen LogP contribution in [0.5, 0.6) is 5.75 Å². The van der Waals surface area contributed by atoms with Crippen molar-refractivity contribution in [1.29, 1.82) is 0 Å². The zero-order valence-corrected chi connectivity index (χ0v) is 17.7. The summed E-state index contributed by atoms with van der Waals surface area (Å²) in [5.74, 6) is 0.512. The first kappa shape index (κ1) is 21.3. The highest BCUT2D eigenvalue weighted by molar-refractivity contribution is 7.89. The second-order valence-corrected chi connectivity index (χ2v) is 8.91. The molecule has 1 fully saturated rings. The maximum Gasteiger partial charge on any atom is 0.253 e. The molecule has 1 amide bonds. The zero-order valence-electron chi connectivity index (χ0n) is 16.9. The molecular formula is C21H26N2O5S. The fourth-order valence-electron chi connectivity index (χ4n) is 3.23. The van der Waals surface area contributed by atoms with Gasteiger partial charge in [0.05, 0.1) is 25.2 Å². The average molecular weight is 419 g/mol. The van der Waals surface area contributed by atoms with Crippen LogP contribution in [0.25, 0.3) is 0 Å². The lowest BCUT2D eigenvalue weighted by atomic mass is 10.1. The summed E-state index contributed by atoms with van der Waals surface area (Å²) in [6.45, 7) is 3.53. The second-order valence-electron chi connectivity index (χ2n) is 7.01. The first-order valence-corrected chi connectivity index (χ1v) is 10.8. The molecule has 1 aliphatic heterocycles. The van der Waals surface area contributed by atoms with E-state index in [1.807, 2.05) is 24.3 Å². The summed E-state index contributed by atoms with van der Waals surface area (Å²) in [6, 6.07) is 12.3. The van der Waals surface area contributed by atoms with Crippen LogP contribution in [-0.2, 0) is 21.3 Å². The minimum absolute atomic E-state index is 0.170. The first-order valence-electron chi connectivity index (χ1n) is 9.40. The van der Waals surface area contributed by atoms with Gasteiger partial charge in [-0.1, -0.05) is 18.2 Å². The summed E-state index contributed by atoms with van der Waals surface area (Å²) in [4.78, 5) is 14.6. The number of rotatable bonds is 6. The Morgan fingerprint density at radius 1 is 1.14 bits per heavy atom. The van der Waals surface area contributed by atoms with Crippen molar-refractivity contribution in [3.05, 3.63) is 59.2 Å². The number of benzene rings is 2. The van der Waals surface area contributed by atoms with E-state index in [1.54, 1.807) is 38.1 Å². The molecule has 3 rings (SSSR count). The monoisotopic (exact) mass is 418 g/mol. The summed E-state index contributed by atoms with van der Waals surface area (Å²) in [5.41, 5.74) is 1.92. The van der Waals surface area contributed by atoms with Gasteiger partial charge in [-0.3, -0.25) is 4.79 Å². The van der Waals surface area contributed by atoms with E-state index < -0.39 is 10.0 Å². The van der Waals surface area contributed by atoms with Crippen LogP contribution in [0.1, 0.15) is 21.5 Å². The Bertz CT molecular complexity index is 967. The predicted molar refractivity (Wildman–Crippen MR) is 110 cm³/mol. The predicted octanol–water partition coefficient (Wildman–Crippen LogP) is 2.30. The van der Waals surface area contributed by atoms with Crippen molar-refractivity contribution in [3.8, 4) is 5.75 Å². The Kier molecular flexibility index (Phi) is 6.56. The summed E-state index contributed by atoms with van der Waals surface area (Å²) < 4.78 is 37.9. The van der Waals surface area contributed by atoms with Crippen LogP contribution in [0.15, 0.2) is 47.4 Å². The van der Waals surface area contributed by atoms with Gasteiger partial charge in [-0.2, -0.15) is 4.31 Å². The molecule has 7 nitrogen and oxygen atoms in total. The number of methoxy groups -OCH3 is 1. The summed E-state index contributed by atoms with van der Waals surface area (Å²) in [5, 5.41) is 0. The Hall–Kier alpha value is -2.42. The van der Waals surface area contributed by atoms with Gasteiger partial charge in [0.15, 0.2) is 0 Å². The Morgan fingerprint density at radius 2 is 1.79 bits per heavy atom. The highest BCUT2D eigenvalue weighted by Gasteiger charge is 2.28. The normalized spacial score (nSPS) is 15.1. The fourth-order valence-corrected chi connectivity index (χ4v) is 4.89. The molecule has 1 heterocycles. The molecule has 156 valence electrons. The van der Waals surface area contributed by atoms with Crippen LogP contribution < -0.4 is 4.74 Å². The summed E-state index contributed by atoms with van der Waals surface area (Å²) in [7, 11) is -0.374. The van der Waals surface area contributed by atoms with Gasteiger partial charge in [-0.25, -0.2) is 8.42 Å². The third-order valence-electron chi connectivity index (χ3n) is 4.95. The lowest BCUT2D eigenvalue weighted by Crippen LogP contribution is -2.41. The molecule has 0 saturated carbocycles. The molecule has 0 unspecified atom stereocenters.